The summed E-state index contributed by atoms with van der Waals surface area (Å²) in [5, 5.41) is 3.54. The Hall–Kier alpha value is -2.40. The predicted molar refractivity (Wildman–Crippen MR) is 114 cm³/mol. The zero-order valence-corrected chi connectivity index (χ0v) is 18.1. The van der Waals surface area contributed by atoms with Crippen molar-refractivity contribution >= 4 is 23.4 Å². The van der Waals surface area contributed by atoms with Crippen molar-refractivity contribution in [3.05, 3.63) is 70.5 Å². The van der Waals surface area contributed by atoms with Crippen molar-refractivity contribution in [2.75, 3.05) is 0 Å². The van der Waals surface area contributed by atoms with E-state index in [4.69, 9.17) is 11.6 Å². The van der Waals surface area contributed by atoms with Crippen LogP contribution in [0.4, 0.5) is 4.39 Å². The second-order valence-corrected chi connectivity index (χ2v) is 8.52. The van der Waals surface area contributed by atoms with Crippen LogP contribution in [0.5, 0.6) is 0 Å². The summed E-state index contributed by atoms with van der Waals surface area (Å²) in [6, 6.07) is 12.7. The molecule has 0 saturated heterocycles. The fourth-order valence-corrected chi connectivity index (χ4v) is 3.19. The van der Waals surface area contributed by atoms with Gasteiger partial charge in [0, 0.05) is 17.1 Å². The van der Waals surface area contributed by atoms with E-state index in [1.807, 2.05) is 39.8 Å². The van der Waals surface area contributed by atoms with Gasteiger partial charge in [0.25, 0.3) is 0 Å². The van der Waals surface area contributed by atoms with Crippen molar-refractivity contribution in [3.63, 3.8) is 0 Å². The minimum atomic E-state index is -0.663. The maximum Gasteiger partial charge on any atom is 0.243 e. The number of carbonyl (C=O) groups is 2. The van der Waals surface area contributed by atoms with Gasteiger partial charge < -0.3 is 10.2 Å². The van der Waals surface area contributed by atoms with Gasteiger partial charge in [-0.05, 0) is 56.5 Å². The Labute approximate surface area is 177 Å². The number of carbonyl (C=O) groups excluding carboxylic acids is 2. The van der Waals surface area contributed by atoms with Gasteiger partial charge in [0.05, 0.1) is 6.42 Å². The van der Waals surface area contributed by atoms with Gasteiger partial charge in [-0.25, -0.2) is 4.39 Å². The van der Waals surface area contributed by atoms with Gasteiger partial charge in [-0.1, -0.05) is 48.9 Å². The summed E-state index contributed by atoms with van der Waals surface area (Å²) in [5.74, 6) is -0.962. The van der Waals surface area contributed by atoms with Crippen molar-refractivity contribution in [2.24, 2.45) is 0 Å². The summed E-state index contributed by atoms with van der Waals surface area (Å²) < 4.78 is 14.1. The van der Waals surface area contributed by atoms with Gasteiger partial charge in [0.1, 0.15) is 11.9 Å². The number of amides is 2. The number of rotatable bonds is 7. The smallest absolute Gasteiger partial charge is 0.243 e. The molecule has 0 bridgehead atoms. The van der Waals surface area contributed by atoms with Crippen molar-refractivity contribution in [1.82, 2.24) is 10.2 Å². The standard InChI is InChI=1S/C23H28ClFN2O2/c1-5-20(22(29)26-23(2,3)4)27(15-16-10-12-18(24)13-11-16)21(28)14-17-8-6-7-9-19(17)25/h6-13,20H,5,14-15H2,1-4H3,(H,26,29)/t20-/m0/s1. The summed E-state index contributed by atoms with van der Waals surface area (Å²) in [5.41, 5.74) is 0.730. The zero-order chi connectivity index (χ0) is 21.6. The van der Waals surface area contributed by atoms with Crippen LogP contribution in [0, 0.1) is 5.82 Å². The first-order valence-corrected chi connectivity index (χ1v) is 10.1. The Kier molecular flexibility index (Phi) is 7.80. The summed E-state index contributed by atoms with van der Waals surface area (Å²) in [7, 11) is 0. The average molecular weight is 419 g/mol. The van der Waals surface area contributed by atoms with E-state index < -0.39 is 17.4 Å². The molecule has 2 amide bonds. The van der Waals surface area contributed by atoms with Gasteiger partial charge in [-0.15, -0.1) is 0 Å². The summed E-state index contributed by atoms with van der Waals surface area (Å²) in [4.78, 5) is 27.6. The number of benzene rings is 2. The maximum atomic E-state index is 14.1. The van der Waals surface area contributed by atoms with E-state index in [1.165, 1.54) is 11.0 Å². The molecule has 0 saturated carbocycles. The third-order valence-electron chi connectivity index (χ3n) is 4.45. The Morgan fingerprint density at radius 3 is 2.28 bits per heavy atom. The highest BCUT2D eigenvalue weighted by atomic mass is 35.5. The first-order valence-electron chi connectivity index (χ1n) is 9.70. The minimum absolute atomic E-state index is 0.112. The molecule has 2 aromatic carbocycles. The average Bonchev–Trinajstić information content (AvgIpc) is 2.63. The van der Waals surface area contributed by atoms with Crippen LogP contribution in [0.25, 0.3) is 0 Å². The van der Waals surface area contributed by atoms with Crippen LogP contribution in [0.1, 0.15) is 45.2 Å². The lowest BCUT2D eigenvalue weighted by Gasteiger charge is -2.33. The van der Waals surface area contributed by atoms with Gasteiger partial charge in [-0.2, -0.15) is 0 Å². The van der Waals surface area contributed by atoms with Crippen molar-refractivity contribution < 1.29 is 14.0 Å². The third-order valence-corrected chi connectivity index (χ3v) is 4.70. The molecule has 0 aliphatic rings. The molecule has 156 valence electrons. The van der Waals surface area contributed by atoms with Gasteiger partial charge in [0.15, 0.2) is 0 Å². The predicted octanol–water partition coefficient (Wildman–Crippen LogP) is 4.74. The summed E-state index contributed by atoms with van der Waals surface area (Å²) in [6.45, 7) is 7.77. The van der Waals surface area contributed by atoms with E-state index in [2.05, 4.69) is 5.32 Å². The number of nitrogens with zero attached hydrogens (tertiary/aromatic N) is 1. The van der Waals surface area contributed by atoms with Crippen LogP contribution < -0.4 is 5.32 Å². The first kappa shape index (κ1) is 22.9. The highest BCUT2D eigenvalue weighted by Crippen LogP contribution is 2.18. The fraction of sp³-hybridized carbons (Fsp3) is 0.391. The topological polar surface area (TPSA) is 49.4 Å². The second-order valence-electron chi connectivity index (χ2n) is 8.08. The molecule has 0 heterocycles. The molecule has 0 aromatic heterocycles. The van der Waals surface area contributed by atoms with Crippen molar-refractivity contribution in [2.45, 2.75) is 58.7 Å². The van der Waals surface area contributed by atoms with E-state index in [0.717, 1.165) is 5.56 Å². The van der Waals surface area contributed by atoms with Gasteiger partial charge in [-0.3, -0.25) is 9.59 Å². The molecular weight excluding hydrogens is 391 g/mol. The highest BCUT2D eigenvalue weighted by Gasteiger charge is 2.30. The van der Waals surface area contributed by atoms with Crippen LogP contribution in [-0.2, 0) is 22.6 Å². The quantitative estimate of drug-likeness (QED) is 0.705. The highest BCUT2D eigenvalue weighted by molar-refractivity contribution is 6.30. The molecule has 0 aliphatic carbocycles. The number of hydrogen-bond acceptors (Lipinski definition) is 2. The van der Waals surface area contributed by atoms with Gasteiger partial charge in [0.2, 0.25) is 11.8 Å². The Balaban J connectivity index is 2.32. The van der Waals surface area contributed by atoms with Crippen molar-refractivity contribution in [1.29, 1.82) is 0 Å². The number of hydrogen-bond donors (Lipinski definition) is 1. The lowest BCUT2D eigenvalue weighted by Crippen LogP contribution is -2.53. The Morgan fingerprint density at radius 1 is 1.10 bits per heavy atom. The van der Waals surface area contributed by atoms with Crippen LogP contribution in [0.15, 0.2) is 48.5 Å². The van der Waals surface area contributed by atoms with E-state index in [-0.39, 0.29) is 24.8 Å². The van der Waals surface area contributed by atoms with E-state index in [0.29, 0.717) is 17.0 Å². The number of nitrogens with one attached hydrogen (secondary N) is 1. The van der Waals surface area contributed by atoms with Crippen LogP contribution >= 0.6 is 11.6 Å². The second kappa shape index (κ2) is 9.88. The van der Waals surface area contributed by atoms with Crippen LogP contribution in [-0.4, -0.2) is 28.3 Å². The van der Waals surface area contributed by atoms with E-state index >= 15 is 0 Å². The van der Waals surface area contributed by atoms with Crippen LogP contribution in [0.3, 0.4) is 0 Å². The molecule has 0 aliphatic heterocycles. The molecule has 2 aromatic rings. The maximum absolute atomic E-state index is 14.1. The van der Waals surface area contributed by atoms with Crippen LogP contribution in [0.2, 0.25) is 5.02 Å². The lowest BCUT2D eigenvalue weighted by atomic mass is 10.0. The normalized spacial score (nSPS) is 12.3. The molecule has 0 unspecified atom stereocenters. The largest absolute Gasteiger partial charge is 0.350 e. The Morgan fingerprint density at radius 2 is 1.72 bits per heavy atom. The molecule has 1 N–H and O–H groups in total. The third kappa shape index (κ3) is 6.86. The molecule has 4 nitrogen and oxygen atoms in total. The fourth-order valence-electron chi connectivity index (χ4n) is 3.07. The SMILES string of the molecule is CC[C@@H](C(=O)NC(C)(C)C)N(Cc1ccc(Cl)cc1)C(=O)Cc1ccccc1F. The lowest BCUT2D eigenvalue weighted by molar-refractivity contribution is -0.141. The van der Waals surface area contributed by atoms with Gasteiger partial charge >= 0.3 is 0 Å². The monoisotopic (exact) mass is 418 g/mol. The first-order chi connectivity index (χ1) is 13.6. The zero-order valence-electron chi connectivity index (χ0n) is 17.3. The molecule has 6 heteroatoms. The van der Waals surface area contributed by atoms with E-state index in [1.54, 1.807) is 30.3 Å². The molecular formula is C23H28ClFN2O2. The molecule has 29 heavy (non-hydrogen) atoms. The molecule has 0 fully saturated rings. The Bertz CT molecular complexity index is 847. The minimum Gasteiger partial charge on any atom is -0.350 e. The summed E-state index contributed by atoms with van der Waals surface area (Å²) in [6.07, 6.45) is 0.331. The van der Waals surface area contributed by atoms with E-state index in [9.17, 15) is 14.0 Å². The molecule has 0 radical (unpaired) electrons. The van der Waals surface area contributed by atoms with Crippen molar-refractivity contribution in [3.8, 4) is 0 Å². The molecule has 2 rings (SSSR count). The number of halogens is 2. The molecule has 1 atom stereocenters. The molecule has 0 spiro atoms. The summed E-state index contributed by atoms with van der Waals surface area (Å²) >= 11 is 5.96.